The number of aromatic nitrogens is 1. The normalized spacial score (nSPS) is 14.6. The molecule has 186 valence electrons. The molecule has 0 aliphatic carbocycles. The number of pyridine rings is 1. The van der Waals surface area contributed by atoms with Crippen LogP contribution in [0.15, 0.2) is 95.9 Å². The van der Waals surface area contributed by atoms with E-state index in [1.807, 2.05) is 24.3 Å². The summed E-state index contributed by atoms with van der Waals surface area (Å²) < 4.78 is 16.4. The van der Waals surface area contributed by atoms with E-state index in [4.69, 9.17) is 11.6 Å². The van der Waals surface area contributed by atoms with Crippen LogP contribution < -0.4 is 10.9 Å². The first-order valence-corrected chi connectivity index (χ1v) is 12.2. The zero-order valence-electron chi connectivity index (χ0n) is 19.7. The summed E-state index contributed by atoms with van der Waals surface area (Å²) in [5, 5.41) is 3.41. The van der Waals surface area contributed by atoms with Gasteiger partial charge in [-0.1, -0.05) is 48.0 Å². The van der Waals surface area contributed by atoms with Gasteiger partial charge in [-0.15, -0.1) is 0 Å². The Morgan fingerprint density at radius 1 is 0.973 bits per heavy atom. The monoisotopic (exact) mass is 515 g/mol. The average Bonchev–Trinajstić information content (AvgIpc) is 2.90. The van der Waals surface area contributed by atoms with E-state index < -0.39 is 11.7 Å². The molecular formula is C29H23ClFN3O3. The molecule has 5 rings (SSSR count). The number of ketones is 1. The zero-order chi connectivity index (χ0) is 25.9. The predicted octanol–water partition coefficient (Wildman–Crippen LogP) is 5.57. The number of anilines is 1. The smallest absolute Gasteiger partial charge is 0.319 e. The van der Waals surface area contributed by atoms with Gasteiger partial charge in [-0.25, -0.2) is 9.18 Å². The highest BCUT2D eigenvalue weighted by molar-refractivity contribution is 6.30. The van der Waals surface area contributed by atoms with Crippen LogP contribution in [-0.2, 0) is 17.8 Å². The van der Waals surface area contributed by atoms with Crippen molar-refractivity contribution in [2.45, 2.75) is 18.9 Å². The van der Waals surface area contributed by atoms with E-state index in [0.29, 0.717) is 22.9 Å². The number of Topliss-reactive ketones (excluding diaryl/α,β-unsaturated/α-hetero) is 1. The molecule has 6 nitrogen and oxygen atoms in total. The average molecular weight is 516 g/mol. The summed E-state index contributed by atoms with van der Waals surface area (Å²) in [7, 11) is 0. The molecular weight excluding hydrogens is 493 g/mol. The molecule has 1 aromatic heterocycles. The first-order chi connectivity index (χ1) is 17.9. The van der Waals surface area contributed by atoms with E-state index >= 15 is 4.39 Å². The Bertz CT molecular complexity index is 1530. The molecule has 1 aliphatic heterocycles. The molecule has 37 heavy (non-hydrogen) atoms. The lowest BCUT2D eigenvalue weighted by Gasteiger charge is -2.34. The Morgan fingerprint density at radius 3 is 2.49 bits per heavy atom. The Kier molecular flexibility index (Phi) is 6.88. The summed E-state index contributed by atoms with van der Waals surface area (Å²) in [6.45, 7) is 0.530. The Morgan fingerprint density at radius 2 is 1.73 bits per heavy atom. The second kappa shape index (κ2) is 10.4. The SMILES string of the molecule is O=C(Cc1ccc(-n2ccccc2=O)cc1F)C1CN(C(=O)Nc2ccc(Cl)cc2)Cc2ccccc21. The maximum Gasteiger partial charge on any atom is 0.322 e. The van der Waals surface area contributed by atoms with E-state index in [9.17, 15) is 14.4 Å². The van der Waals surface area contributed by atoms with Crippen molar-refractivity contribution in [2.24, 2.45) is 0 Å². The summed E-state index contributed by atoms with van der Waals surface area (Å²) in [6, 6.07) is 23.0. The number of nitrogens with zero attached hydrogens (tertiary/aromatic N) is 2. The highest BCUT2D eigenvalue weighted by atomic mass is 35.5. The lowest BCUT2D eigenvalue weighted by Crippen LogP contribution is -2.43. The van der Waals surface area contributed by atoms with Crippen LogP contribution in [0.25, 0.3) is 5.69 Å². The van der Waals surface area contributed by atoms with Gasteiger partial charge in [0, 0.05) is 42.5 Å². The van der Waals surface area contributed by atoms with Crippen LogP contribution in [0.1, 0.15) is 22.6 Å². The Hall–Kier alpha value is -4.23. The minimum absolute atomic E-state index is 0.137. The van der Waals surface area contributed by atoms with Crippen molar-refractivity contribution >= 4 is 29.1 Å². The number of benzene rings is 3. The van der Waals surface area contributed by atoms with E-state index in [1.165, 1.54) is 22.8 Å². The van der Waals surface area contributed by atoms with Crippen LogP contribution in [0, 0.1) is 5.82 Å². The van der Waals surface area contributed by atoms with Gasteiger partial charge in [0.15, 0.2) is 0 Å². The fourth-order valence-electron chi connectivity index (χ4n) is 4.55. The van der Waals surface area contributed by atoms with Crippen molar-refractivity contribution in [2.75, 3.05) is 11.9 Å². The van der Waals surface area contributed by atoms with Crippen LogP contribution in [0.2, 0.25) is 5.02 Å². The lowest BCUT2D eigenvalue weighted by molar-refractivity contribution is -0.120. The molecule has 8 heteroatoms. The van der Waals surface area contributed by atoms with Gasteiger partial charge in [0.25, 0.3) is 5.56 Å². The first-order valence-electron chi connectivity index (χ1n) is 11.8. The van der Waals surface area contributed by atoms with Crippen molar-refractivity contribution < 1.29 is 14.0 Å². The number of carbonyl (C=O) groups excluding carboxylic acids is 2. The van der Waals surface area contributed by atoms with Gasteiger partial charge in [0.2, 0.25) is 0 Å². The molecule has 0 fully saturated rings. The molecule has 1 atom stereocenters. The van der Waals surface area contributed by atoms with Gasteiger partial charge >= 0.3 is 6.03 Å². The third kappa shape index (κ3) is 5.32. The zero-order valence-corrected chi connectivity index (χ0v) is 20.5. The summed E-state index contributed by atoms with van der Waals surface area (Å²) in [5.41, 5.74) is 2.65. The number of rotatable bonds is 5. The Labute approximate surface area is 217 Å². The molecule has 0 spiro atoms. The van der Waals surface area contributed by atoms with E-state index in [1.54, 1.807) is 53.6 Å². The standard InChI is InChI=1S/C29H23ClFN3O3/c30-21-9-11-22(12-10-21)32-29(37)33-17-20-5-1-2-6-24(20)25(18-33)27(35)15-19-8-13-23(16-26(19)31)34-14-4-3-7-28(34)36/h1-14,16,25H,15,17-18H2,(H,32,37). The van der Waals surface area contributed by atoms with Crippen LogP contribution >= 0.6 is 11.6 Å². The van der Waals surface area contributed by atoms with Crippen molar-refractivity contribution in [3.63, 3.8) is 0 Å². The second-order valence-electron chi connectivity index (χ2n) is 8.90. The molecule has 3 aromatic carbocycles. The van der Waals surface area contributed by atoms with E-state index in [-0.39, 0.29) is 35.9 Å². The van der Waals surface area contributed by atoms with Gasteiger partial charge in [0.05, 0.1) is 11.6 Å². The lowest BCUT2D eigenvalue weighted by atomic mass is 9.84. The second-order valence-corrected chi connectivity index (χ2v) is 9.33. The molecule has 2 amide bonds. The van der Waals surface area contributed by atoms with Crippen molar-refractivity contribution in [3.8, 4) is 5.69 Å². The minimum atomic E-state index is -0.600. The predicted molar refractivity (Wildman–Crippen MR) is 141 cm³/mol. The summed E-state index contributed by atoms with van der Waals surface area (Å²) >= 11 is 5.93. The number of nitrogens with one attached hydrogen (secondary N) is 1. The number of hydrogen-bond donors (Lipinski definition) is 1. The van der Waals surface area contributed by atoms with E-state index in [0.717, 1.165) is 11.1 Å². The fraction of sp³-hybridized carbons (Fsp3) is 0.138. The number of amides is 2. The van der Waals surface area contributed by atoms with Gasteiger partial charge in [-0.3, -0.25) is 14.2 Å². The van der Waals surface area contributed by atoms with Crippen LogP contribution in [0.3, 0.4) is 0 Å². The molecule has 0 saturated heterocycles. The van der Waals surface area contributed by atoms with Crippen LogP contribution in [0.5, 0.6) is 0 Å². The minimum Gasteiger partial charge on any atom is -0.319 e. The van der Waals surface area contributed by atoms with Crippen molar-refractivity contribution in [1.29, 1.82) is 0 Å². The number of urea groups is 1. The van der Waals surface area contributed by atoms with E-state index in [2.05, 4.69) is 5.32 Å². The number of hydrogen-bond acceptors (Lipinski definition) is 3. The van der Waals surface area contributed by atoms with Crippen molar-refractivity contribution in [3.05, 3.63) is 129 Å². The van der Waals surface area contributed by atoms with Gasteiger partial charge in [0.1, 0.15) is 11.6 Å². The third-order valence-corrected chi connectivity index (χ3v) is 6.72. The summed E-state index contributed by atoms with van der Waals surface area (Å²) in [4.78, 5) is 40.1. The van der Waals surface area contributed by atoms with Crippen LogP contribution in [0.4, 0.5) is 14.9 Å². The number of halogens is 2. The van der Waals surface area contributed by atoms with Gasteiger partial charge in [-0.05, 0) is 59.2 Å². The van der Waals surface area contributed by atoms with Gasteiger partial charge in [-0.2, -0.15) is 0 Å². The molecule has 2 heterocycles. The molecule has 0 radical (unpaired) electrons. The van der Waals surface area contributed by atoms with Crippen molar-refractivity contribution in [1.82, 2.24) is 9.47 Å². The number of fused-ring (bicyclic) bond motifs is 1. The summed E-state index contributed by atoms with van der Waals surface area (Å²) in [5.74, 6) is -1.36. The maximum absolute atomic E-state index is 15.0. The quantitative estimate of drug-likeness (QED) is 0.377. The molecule has 1 aliphatic rings. The summed E-state index contributed by atoms with van der Waals surface area (Å²) in [6.07, 6.45) is 1.42. The third-order valence-electron chi connectivity index (χ3n) is 6.47. The molecule has 0 saturated carbocycles. The topological polar surface area (TPSA) is 71.4 Å². The number of carbonyl (C=O) groups is 2. The molecule has 1 unspecified atom stereocenters. The van der Waals surface area contributed by atoms with Crippen LogP contribution in [-0.4, -0.2) is 27.8 Å². The molecule has 4 aromatic rings. The first kappa shape index (κ1) is 24.5. The maximum atomic E-state index is 15.0. The van der Waals surface area contributed by atoms with Gasteiger partial charge < -0.3 is 10.2 Å². The Balaban J connectivity index is 1.36. The largest absolute Gasteiger partial charge is 0.322 e. The molecule has 1 N–H and O–H groups in total. The molecule has 0 bridgehead atoms. The fourth-order valence-corrected chi connectivity index (χ4v) is 4.68. The highest BCUT2D eigenvalue weighted by Gasteiger charge is 2.32. The highest BCUT2D eigenvalue weighted by Crippen LogP contribution is 2.31.